The molecule has 1 unspecified atom stereocenters. The summed E-state index contributed by atoms with van der Waals surface area (Å²) in [6.07, 6.45) is 3.61. The quantitative estimate of drug-likeness (QED) is 0.388. The van der Waals surface area contributed by atoms with Gasteiger partial charge in [-0.15, -0.1) is 0 Å². The molecule has 2 heterocycles. The minimum absolute atomic E-state index is 0.0262. The van der Waals surface area contributed by atoms with Crippen LogP contribution >= 0.6 is 34.8 Å². The topological polar surface area (TPSA) is 56.7 Å². The largest absolute Gasteiger partial charge is 0.394 e. The van der Waals surface area contributed by atoms with Gasteiger partial charge in [-0.25, -0.2) is 4.98 Å². The highest BCUT2D eigenvalue weighted by Gasteiger charge is 2.35. The molecule has 184 valence electrons. The predicted octanol–water partition coefficient (Wildman–Crippen LogP) is 6.61. The van der Waals surface area contributed by atoms with Crippen LogP contribution in [0.25, 0.3) is 11.1 Å². The van der Waals surface area contributed by atoms with E-state index in [-0.39, 0.29) is 18.6 Å². The number of aliphatic hydroxyl groups is 1. The second-order valence-corrected chi connectivity index (χ2v) is 10.6. The summed E-state index contributed by atoms with van der Waals surface area (Å²) in [6.45, 7) is 4.58. The Morgan fingerprint density at radius 2 is 1.80 bits per heavy atom. The maximum absolute atomic E-state index is 13.8. The number of aromatic nitrogens is 1. The van der Waals surface area contributed by atoms with Gasteiger partial charge in [0.25, 0.3) is 0 Å². The predicted molar refractivity (Wildman–Crippen MR) is 145 cm³/mol. The fourth-order valence-corrected chi connectivity index (χ4v) is 5.41. The van der Waals surface area contributed by atoms with Gasteiger partial charge in [-0.2, -0.15) is 0 Å². The molecule has 1 saturated heterocycles. The molecule has 0 aliphatic carbocycles. The maximum Gasteiger partial charge on any atom is 0.236 e. The van der Waals surface area contributed by atoms with Gasteiger partial charge in [-0.3, -0.25) is 4.79 Å². The first-order chi connectivity index (χ1) is 16.6. The van der Waals surface area contributed by atoms with Crippen molar-refractivity contribution in [2.45, 2.75) is 38.1 Å². The van der Waals surface area contributed by atoms with Crippen molar-refractivity contribution >= 4 is 52.2 Å². The van der Waals surface area contributed by atoms with Gasteiger partial charge in [0.1, 0.15) is 5.82 Å². The third-order valence-corrected chi connectivity index (χ3v) is 7.47. The van der Waals surface area contributed by atoms with Crippen molar-refractivity contribution in [1.29, 1.82) is 0 Å². The van der Waals surface area contributed by atoms with Crippen LogP contribution in [0.5, 0.6) is 0 Å². The molecule has 0 saturated carbocycles. The molecule has 0 bridgehead atoms. The fraction of sp³-hybridized carbons (Fsp3) is 0.333. The number of anilines is 2. The number of rotatable bonds is 6. The van der Waals surface area contributed by atoms with Gasteiger partial charge in [0.05, 0.1) is 29.9 Å². The number of amides is 1. The Labute approximate surface area is 221 Å². The number of carbonyl (C=O) groups excluding carboxylic acids is 1. The molecule has 1 amide bonds. The van der Waals surface area contributed by atoms with E-state index in [0.717, 1.165) is 41.9 Å². The standard InChI is InChI=1S/C27H28Cl3N3O2/c1-27(2,17-11-18(28)13-19(29)12-17)26(35)32(3)24-15-31-25(33-10-6-7-20(33)16-34)14-22(24)21-8-4-5-9-23(21)30/h4-5,8-9,11-15,20,34H,6-7,10,16H2,1-3H3. The number of likely N-dealkylation sites (N-methyl/N-ethyl adjacent to an activating group) is 1. The first-order valence-corrected chi connectivity index (χ1v) is 12.6. The highest BCUT2D eigenvalue weighted by molar-refractivity contribution is 6.35. The lowest BCUT2D eigenvalue weighted by molar-refractivity contribution is -0.122. The van der Waals surface area contributed by atoms with E-state index in [1.807, 2.05) is 44.2 Å². The van der Waals surface area contributed by atoms with Crippen molar-refractivity contribution in [3.8, 4) is 11.1 Å². The average molecular weight is 533 g/mol. The van der Waals surface area contributed by atoms with Gasteiger partial charge in [-0.1, -0.05) is 53.0 Å². The highest BCUT2D eigenvalue weighted by Crippen LogP contribution is 2.40. The third-order valence-electron chi connectivity index (χ3n) is 6.70. The van der Waals surface area contributed by atoms with Crippen LogP contribution in [-0.2, 0) is 10.2 Å². The van der Waals surface area contributed by atoms with E-state index in [0.29, 0.717) is 20.8 Å². The molecule has 1 fully saturated rings. The maximum atomic E-state index is 13.8. The van der Waals surface area contributed by atoms with Crippen LogP contribution < -0.4 is 9.80 Å². The summed E-state index contributed by atoms with van der Waals surface area (Å²) in [5, 5.41) is 11.3. The smallest absolute Gasteiger partial charge is 0.236 e. The normalized spacial score (nSPS) is 16.0. The molecule has 1 aliphatic rings. The Hall–Kier alpha value is -2.31. The zero-order valence-electron chi connectivity index (χ0n) is 19.9. The monoisotopic (exact) mass is 531 g/mol. The lowest BCUT2D eigenvalue weighted by Crippen LogP contribution is -2.42. The molecule has 0 radical (unpaired) electrons. The number of carbonyl (C=O) groups is 1. The van der Waals surface area contributed by atoms with Gasteiger partial charge < -0.3 is 14.9 Å². The molecule has 8 heteroatoms. The van der Waals surface area contributed by atoms with Gasteiger partial charge in [0.2, 0.25) is 5.91 Å². The molecule has 35 heavy (non-hydrogen) atoms. The van der Waals surface area contributed by atoms with Crippen molar-refractivity contribution < 1.29 is 9.90 Å². The highest BCUT2D eigenvalue weighted by atomic mass is 35.5. The summed E-state index contributed by atoms with van der Waals surface area (Å²) < 4.78 is 0. The Balaban J connectivity index is 1.79. The van der Waals surface area contributed by atoms with Gasteiger partial charge in [0.15, 0.2) is 0 Å². The molecule has 1 N–H and O–H groups in total. The molecule has 5 nitrogen and oxygen atoms in total. The Morgan fingerprint density at radius 3 is 2.46 bits per heavy atom. The lowest BCUT2D eigenvalue weighted by atomic mass is 9.83. The van der Waals surface area contributed by atoms with E-state index in [4.69, 9.17) is 39.8 Å². The van der Waals surface area contributed by atoms with E-state index in [9.17, 15) is 9.90 Å². The summed E-state index contributed by atoms with van der Waals surface area (Å²) in [6, 6.07) is 14.7. The van der Waals surface area contributed by atoms with Crippen LogP contribution in [0.2, 0.25) is 15.1 Å². The van der Waals surface area contributed by atoms with Crippen LogP contribution in [0.4, 0.5) is 11.5 Å². The second-order valence-electron chi connectivity index (χ2n) is 9.36. The molecule has 1 aromatic heterocycles. The molecule has 1 atom stereocenters. The van der Waals surface area contributed by atoms with Crippen LogP contribution in [-0.4, -0.2) is 42.2 Å². The Kier molecular flexibility index (Phi) is 7.62. The summed E-state index contributed by atoms with van der Waals surface area (Å²) in [5.74, 6) is 0.607. The van der Waals surface area contributed by atoms with Crippen LogP contribution in [0, 0.1) is 0 Å². The molecule has 3 aromatic rings. The number of hydrogen-bond acceptors (Lipinski definition) is 4. The first kappa shape index (κ1) is 25.8. The van der Waals surface area contributed by atoms with E-state index >= 15 is 0 Å². The van der Waals surface area contributed by atoms with E-state index in [1.54, 1.807) is 36.3 Å². The number of nitrogens with zero attached hydrogens (tertiary/aromatic N) is 3. The number of halogens is 3. The van der Waals surface area contributed by atoms with Gasteiger partial charge in [-0.05, 0) is 62.6 Å². The zero-order chi connectivity index (χ0) is 25.3. The fourth-order valence-electron chi connectivity index (χ4n) is 4.65. The zero-order valence-corrected chi connectivity index (χ0v) is 22.2. The molecule has 4 rings (SSSR count). The number of benzene rings is 2. The molecule has 0 spiro atoms. The lowest BCUT2D eigenvalue weighted by Gasteiger charge is -2.32. The molecular formula is C27H28Cl3N3O2. The summed E-state index contributed by atoms with van der Waals surface area (Å²) in [5.41, 5.74) is 2.04. The molecular weight excluding hydrogens is 505 g/mol. The van der Waals surface area contributed by atoms with E-state index < -0.39 is 5.41 Å². The SMILES string of the molecule is CN(C(=O)C(C)(C)c1cc(Cl)cc(Cl)c1)c1cnc(N2CCCC2CO)cc1-c1ccccc1Cl. The first-order valence-electron chi connectivity index (χ1n) is 11.5. The van der Waals surface area contributed by atoms with Crippen molar-refractivity contribution in [1.82, 2.24) is 4.98 Å². The van der Waals surface area contributed by atoms with Crippen LogP contribution in [0.3, 0.4) is 0 Å². The minimum atomic E-state index is -0.906. The summed E-state index contributed by atoms with van der Waals surface area (Å²) in [4.78, 5) is 22.3. The Bertz CT molecular complexity index is 1230. The van der Waals surface area contributed by atoms with Crippen molar-refractivity contribution in [3.05, 3.63) is 75.4 Å². The number of hydrogen-bond donors (Lipinski definition) is 1. The van der Waals surface area contributed by atoms with Gasteiger partial charge in [0, 0.05) is 39.8 Å². The average Bonchev–Trinajstić information content (AvgIpc) is 3.31. The Morgan fingerprint density at radius 1 is 1.11 bits per heavy atom. The summed E-state index contributed by atoms with van der Waals surface area (Å²) >= 11 is 19.1. The minimum Gasteiger partial charge on any atom is -0.394 e. The van der Waals surface area contributed by atoms with Crippen LogP contribution in [0.15, 0.2) is 54.7 Å². The van der Waals surface area contributed by atoms with Crippen molar-refractivity contribution in [2.75, 3.05) is 30.0 Å². The van der Waals surface area contributed by atoms with Crippen molar-refractivity contribution in [2.24, 2.45) is 0 Å². The number of pyridine rings is 1. The number of aliphatic hydroxyl groups excluding tert-OH is 1. The van der Waals surface area contributed by atoms with E-state index in [2.05, 4.69) is 4.90 Å². The molecule has 1 aliphatic heterocycles. The van der Waals surface area contributed by atoms with E-state index in [1.165, 1.54) is 0 Å². The second kappa shape index (κ2) is 10.4. The third kappa shape index (κ3) is 5.14. The van der Waals surface area contributed by atoms with Crippen LogP contribution in [0.1, 0.15) is 32.3 Å². The van der Waals surface area contributed by atoms with Gasteiger partial charge >= 0.3 is 0 Å². The molecule has 2 aromatic carbocycles. The summed E-state index contributed by atoms with van der Waals surface area (Å²) in [7, 11) is 1.74. The van der Waals surface area contributed by atoms with Crippen molar-refractivity contribution in [3.63, 3.8) is 0 Å².